The summed E-state index contributed by atoms with van der Waals surface area (Å²) in [6, 6.07) is 15.5. The number of hydrogen-bond acceptors (Lipinski definition) is 1. The summed E-state index contributed by atoms with van der Waals surface area (Å²) in [5.41, 5.74) is 3.13. The van der Waals surface area contributed by atoms with Gasteiger partial charge in [-0.1, -0.05) is 35.9 Å². The highest BCUT2D eigenvalue weighted by Crippen LogP contribution is 2.33. The standard InChI is InChI=1S/C19H17ClN2O/c20-15-5-3-4-13(10-15)19(23)22-9-8-14(12-22)17-11-21-18-7-2-1-6-16(17)18/h1-7,10-11,14,21H,8-9,12H2. The number of aromatic nitrogens is 1. The van der Waals surface area contributed by atoms with Gasteiger partial charge in [0.15, 0.2) is 0 Å². The van der Waals surface area contributed by atoms with Crippen molar-refractivity contribution in [3.63, 3.8) is 0 Å². The van der Waals surface area contributed by atoms with E-state index in [2.05, 4.69) is 29.4 Å². The highest BCUT2D eigenvalue weighted by molar-refractivity contribution is 6.30. The van der Waals surface area contributed by atoms with Gasteiger partial charge in [-0.15, -0.1) is 0 Å². The molecule has 1 aromatic heterocycles. The predicted molar refractivity (Wildman–Crippen MR) is 93.0 cm³/mol. The van der Waals surface area contributed by atoms with E-state index in [-0.39, 0.29) is 5.91 Å². The van der Waals surface area contributed by atoms with Crippen LogP contribution in [0.5, 0.6) is 0 Å². The van der Waals surface area contributed by atoms with Gasteiger partial charge in [0.05, 0.1) is 0 Å². The second-order valence-electron chi connectivity index (χ2n) is 6.04. The molecule has 0 aliphatic carbocycles. The lowest BCUT2D eigenvalue weighted by Gasteiger charge is -2.16. The predicted octanol–water partition coefficient (Wildman–Crippen LogP) is 4.45. The molecule has 2 heterocycles. The number of hydrogen-bond donors (Lipinski definition) is 1. The molecule has 0 radical (unpaired) electrons. The smallest absolute Gasteiger partial charge is 0.253 e. The number of carbonyl (C=O) groups is 1. The van der Waals surface area contributed by atoms with Crippen LogP contribution >= 0.6 is 11.6 Å². The number of nitrogens with zero attached hydrogens (tertiary/aromatic N) is 1. The van der Waals surface area contributed by atoms with Crippen LogP contribution in [0.1, 0.15) is 28.3 Å². The van der Waals surface area contributed by atoms with Crippen molar-refractivity contribution in [3.8, 4) is 0 Å². The van der Waals surface area contributed by atoms with Crippen molar-refractivity contribution in [1.82, 2.24) is 9.88 Å². The van der Waals surface area contributed by atoms with Crippen LogP contribution in [-0.4, -0.2) is 28.9 Å². The number of para-hydroxylation sites is 1. The number of carbonyl (C=O) groups excluding carboxylic acids is 1. The molecule has 2 aromatic carbocycles. The third-order valence-corrected chi connectivity index (χ3v) is 4.84. The summed E-state index contributed by atoms with van der Waals surface area (Å²) in [6.45, 7) is 1.54. The Kier molecular flexibility index (Phi) is 3.58. The van der Waals surface area contributed by atoms with E-state index in [0.29, 0.717) is 16.5 Å². The monoisotopic (exact) mass is 324 g/mol. The minimum Gasteiger partial charge on any atom is -0.361 e. The van der Waals surface area contributed by atoms with E-state index in [1.807, 2.05) is 23.1 Å². The van der Waals surface area contributed by atoms with E-state index in [1.54, 1.807) is 12.1 Å². The Bertz CT molecular complexity index is 870. The van der Waals surface area contributed by atoms with Gasteiger partial charge >= 0.3 is 0 Å². The first-order chi connectivity index (χ1) is 11.2. The Hall–Kier alpha value is -2.26. The van der Waals surface area contributed by atoms with Gasteiger partial charge < -0.3 is 9.88 Å². The van der Waals surface area contributed by atoms with Crippen LogP contribution in [0.3, 0.4) is 0 Å². The number of aromatic amines is 1. The molecule has 1 atom stereocenters. The molecule has 1 amide bonds. The van der Waals surface area contributed by atoms with Gasteiger partial charge in [0.25, 0.3) is 5.91 Å². The van der Waals surface area contributed by atoms with Crippen molar-refractivity contribution in [2.45, 2.75) is 12.3 Å². The normalized spacial score (nSPS) is 17.8. The third kappa shape index (κ3) is 2.62. The fourth-order valence-corrected chi connectivity index (χ4v) is 3.62. The molecule has 1 N–H and O–H groups in total. The molecule has 1 aliphatic rings. The SMILES string of the molecule is O=C(c1cccc(Cl)c1)N1CCC(c2c[nH]c3ccccc23)C1. The maximum atomic E-state index is 12.6. The van der Waals surface area contributed by atoms with Gasteiger partial charge in [-0.05, 0) is 36.2 Å². The van der Waals surface area contributed by atoms with Gasteiger partial charge in [-0.2, -0.15) is 0 Å². The van der Waals surface area contributed by atoms with E-state index in [4.69, 9.17) is 11.6 Å². The number of halogens is 1. The number of likely N-dealkylation sites (tertiary alicyclic amines) is 1. The molecule has 0 spiro atoms. The van der Waals surface area contributed by atoms with Crippen LogP contribution in [0.2, 0.25) is 5.02 Å². The molecule has 1 aliphatic heterocycles. The number of rotatable bonds is 2. The summed E-state index contributed by atoms with van der Waals surface area (Å²) in [6.07, 6.45) is 3.08. The molecule has 4 rings (SSSR count). The van der Waals surface area contributed by atoms with Crippen molar-refractivity contribution in [2.75, 3.05) is 13.1 Å². The van der Waals surface area contributed by atoms with Crippen LogP contribution in [-0.2, 0) is 0 Å². The summed E-state index contributed by atoms with van der Waals surface area (Å²) in [4.78, 5) is 17.9. The molecule has 0 saturated carbocycles. The lowest BCUT2D eigenvalue weighted by atomic mass is 9.98. The van der Waals surface area contributed by atoms with Crippen molar-refractivity contribution in [1.29, 1.82) is 0 Å². The van der Waals surface area contributed by atoms with E-state index in [0.717, 1.165) is 25.0 Å². The lowest BCUT2D eigenvalue weighted by molar-refractivity contribution is 0.0791. The van der Waals surface area contributed by atoms with Crippen LogP contribution in [0.4, 0.5) is 0 Å². The molecule has 1 unspecified atom stereocenters. The Morgan fingerprint density at radius 3 is 2.91 bits per heavy atom. The van der Waals surface area contributed by atoms with Crippen molar-refractivity contribution in [3.05, 3.63) is 70.9 Å². The van der Waals surface area contributed by atoms with Crippen molar-refractivity contribution >= 4 is 28.4 Å². The van der Waals surface area contributed by atoms with E-state index in [1.165, 1.54) is 10.9 Å². The number of amides is 1. The highest BCUT2D eigenvalue weighted by Gasteiger charge is 2.29. The maximum absolute atomic E-state index is 12.6. The summed E-state index contributed by atoms with van der Waals surface area (Å²) in [7, 11) is 0. The van der Waals surface area contributed by atoms with Crippen LogP contribution in [0.25, 0.3) is 10.9 Å². The highest BCUT2D eigenvalue weighted by atomic mass is 35.5. The number of fused-ring (bicyclic) bond motifs is 1. The molecule has 116 valence electrons. The number of H-pyrrole nitrogens is 1. The topological polar surface area (TPSA) is 36.1 Å². The van der Waals surface area contributed by atoms with Gasteiger partial charge in [-0.3, -0.25) is 4.79 Å². The zero-order valence-electron chi connectivity index (χ0n) is 12.6. The fourth-order valence-electron chi connectivity index (χ4n) is 3.43. The van der Waals surface area contributed by atoms with E-state index >= 15 is 0 Å². The minimum absolute atomic E-state index is 0.0647. The largest absolute Gasteiger partial charge is 0.361 e. The Morgan fingerprint density at radius 2 is 2.04 bits per heavy atom. The van der Waals surface area contributed by atoms with Crippen LogP contribution < -0.4 is 0 Å². The van der Waals surface area contributed by atoms with Crippen molar-refractivity contribution < 1.29 is 4.79 Å². The zero-order chi connectivity index (χ0) is 15.8. The summed E-state index contributed by atoms with van der Waals surface area (Å²) < 4.78 is 0. The molecule has 3 nitrogen and oxygen atoms in total. The van der Waals surface area contributed by atoms with Gasteiger partial charge in [0, 0.05) is 46.7 Å². The molecule has 1 fully saturated rings. The molecular weight excluding hydrogens is 308 g/mol. The quantitative estimate of drug-likeness (QED) is 0.742. The summed E-state index contributed by atoms with van der Waals surface area (Å²) >= 11 is 6.00. The first-order valence-corrected chi connectivity index (χ1v) is 8.21. The molecule has 3 aromatic rings. The van der Waals surface area contributed by atoms with Crippen LogP contribution in [0, 0.1) is 0 Å². The van der Waals surface area contributed by atoms with E-state index < -0.39 is 0 Å². The third-order valence-electron chi connectivity index (χ3n) is 4.61. The van der Waals surface area contributed by atoms with Gasteiger partial charge in [0.1, 0.15) is 0 Å². The summed E-state index contributed by atoms with van der Waals surface area (Å²) in [5, 5.41) is 1.86. The first-order valence-electron chi connectivity index (χ1n) is 7.83. The summed E-state index contributed by atoms with van der Waals surface area (Å²) in [5.74, 6) is 0.448. The zero-order valence-corrected chi connectivity index (χ0v) is 13.4. The number of nitrogens with one attached hydrogen (secondary N) is 1. The molecule has 1 saturated heterocycles. The van der Waals surface area contributed by atoms with Crippen molar-refractivity contribution in [2.24, 2.45) is 0 Å². The fraction of sp³-hybridized carbons (Fsp3) is 0.211. The van der Waals surface area contributed by atoms with Crippen LogP contribution in [0.15, 0.2) is 54.7 Å². The Balaban J connectivity index is 1.56. The molecular formula is C19H17ClN2O. The average molecular weight is 325 g/mol. The molecule has 23 heavy (non-hydrogen) atoms. The average Bonchev–Trinajstić information content (AvgIpc) is 3.20. The minimum atomic E-state index is 0.0647. The first kappa shape index (κ1) is 14.3. The lowest BCUT2D eigenvalue weighted by Crippen LogP contribution is -2.28. The van der Waals surface area contributed by atoms with Gasteiger partial charge in [-0.25, -0.2) is 0 Å². The van der Waals surface area contributed by atoms with E-state index in [9.17, 15) is 4.79 Å². The maximum Gasteiger partial charge on any atom is 0.253 e. The second kappa shape index (κ2) is 5.74. The molecule has 4 heteroatoms. The van der Waals surface area contributed by atoms with Gasteiger partial charge in [0.2, 0.25) is 0 Å². The molecule has 0 bridgehead atoms. The second-order valence-corrected chi connectivity index (χ2v) is 6.47. The Labute approximate surface area is 139 Å². The number of benzene rings is 2. The Morgan fingerprint density at radius 1 is 1.17 bits per heavy atom.